The fraction of sp³-hybridized carbons (Fsp3) is 0.174. The van der Waals surface area contributed by atoms with Crippen molar-refractivity contribution in [3.05, 3.63) is 64.0 Å². The third kappa shape index (κ3) is 5.96. The average Bonchev–Trinajstić information content (AvgIpc) is 3.06. The maximum atomic E-state index is 12.8. The molecule has 33 heavy (non-hydrogen) atoms. The van der Waals surface area contributed by atoms with Crippen LogP contribution in [-0.4, -0.2) is 49.3 Å². The van der Waals surface area contributed by atoms with E-state index in [2.05, 4.69) is 27.8 Å². The zero-order valence-corrected chi connectivity index (χ0v) is 20.3. The Morgan fingerprint density at radius 2 is 1.88 bits per heavy atom. The molecular weight excluding hydrogens is 512 g/mol. The van der Waals surface area contributed by atoms with Crippen LogP contribution < -0.4 is 19.5 Å². The molecule has 1 fully saturated rings. The molecule has 8 nitrogen and oxygen atoms in total. The minimum atomic E-state index is -0.548. The number of nitrogens with zero attached hydrogens (tertiary/aromatic N) is 1. The monoisotopic (exact) mass is 532 g/mol. The summed E-state index contributed by atoms with van der Waals surface area (Å²) in [6, 6.07) is 10.1. The van der Waals surface area contributed by atoms with Crippen LogP contribution >= 0.6 is 27.7 Å². The molecule has 1 aliphatic heterocycles. The number of benzene rings is 2. The zero-order valence-electron chi connectivity index (χ0n) is 17.9. The Hall–Kier alpha value is -3.24. The normalized spacial score (nSPS) is 14.4. The quantitative estimate of drug-likeness (QED) is 0.369. The number of amides is 3. The average molecular weight is 533 g/mol. The van der Waals surface area contributed by atoms with Gasteiger partial charge >= 0.3 is 0 Å². The number of nitrogens with one attached hydrogen (secondary N) is 1. The van der Waals surface area contributed by atoms with Crippen LogP contribution in [0.1, 0.15) is 5.56 Å². The van der Waals surface area contributed by atoms with E-state index >= 15 is 0 Å². The standard InChI is InChI=1S/C23H21BrN2O6S/c1-4-9-32-19-12-17(24)14(10-18(19)31-3)11-20-22(28)26(23(29)33-20)13-21(27)25-15-5-7-16(30-2)8-6-15/h4-8,10-12H,1,9,13H2,2-3H3,(H,25,27)/b20-11+. The predicted molar refractivity (Wildman–Crippen MR) is 131 cm³/mol. The van der Waals surface area contributed by atoms with Crippen molar-refractivity contribution >= 4 is 56.5 Å². The summed E-state index contributed by atoms with van der Waals surface area (Å²) in [5.74, 6) is 0.573. The summed E-state index contributed by atoms with van der Waals surface area (Å²) in [5, 5.41) is 2.14. The van der Waals surface area contributed by atoms with Gasteiger partial charge in [-0.05, 0) is 59.8 Å². The molecule has 0 saturated carbocycles. The summed E-state index contributed by atoms with van der Waals surface area (Å²) < 4.78 is 16.6. The highest BCUT2D eigenvalue weighted by Gasteiger charge is 2.36. The van der Waals surface area contributed by atoms with E-state index in [4.69, 9.17) is 14.2 Å². The fourth-order valence-electron chi connectivity index (χ4n) is 2.88. The summed E-state index contributed by atoms with van der Waals surface area (Å²) in [6.07, 6.45) is 3.18. The van der Waals surface area contributed by atoms with Gasteiger partial charge in [-0.15, -0.1) is 0 Å². The van der Waals surface area contributed by atoms with E-state index in [-0.39, 0.29) is 4.91 Å². The molecule has 2 aromatic carbocycles. The number of thioether (sulfide) groups is 1. The van der Waals surface area contributed by atoms with Gasteiger partial charge in [0.2, 0.25) is 5.91 Å². The number of carbonyl (C=O) groups excluding carboxylic acids is 3. The summed E-state index contributed by atoms with van der Waals surface area (Å²) in [5.41, 5.74) is 1.14. The van der Waals surface area contributed by atoms with Crippen LogP contribution in [0.5, 0.6) is 17.2 Å². The number of halogens is 1. The summed E-state index contributed by atoms with van der Waals surface area (Å²) in [4.78, 5) is 38.7. The number of ether oxygens (including phenoxy) is 3. The summed E-state index contributed by atoms with van der Waals surface area (Å²) in [7, 11) is 3.05. The Balaban J connectivity index is 1.73. The summed E-state index contributed by atoms with van der Waals surface area (Å²) in [6.45, 7) is 3.52. The topological polar surface area (TPSA) is 94.2 Å². The van der Waals surface area contributed by atoms with E-state index in [1.54, 1.807) is 55.7 Å². The second kappa shape index (κ2) is 11.1. The first-order valence-corrected chi connectivity index (χ1v) is 11.3. The van der Waals surface area contributed by atoms with E-state index in [1.807, 2.05) is 0 Å². The number of carbonyl (C=O) groups is 3. The van der Waals surface area contributed by atoms with Crippen molar-refractivity contribution in [3.8, 4) is 17.2 Å². The second-order valence-corrected chi connectivity index (χ2v) is 8.52. The van der Waals surface area contributed by atoms with E-state index in [0.717, 1.165) is 16.7 Å². The lowest BCUT2D eigenvalue weighted by molar-refractivity contribution is -0.127. The lowest BCUT2D eigenvalue weighted by Crippen LogP contribution is -2.36. The van der Waals surface area contributed by atoms with Crippen molar-refractivity contribution < 1.29 is 28.6 Å². The fourth-order valence-corrected chi connectivity index (χ4v) is 4.14. The molecular formula is C23H21BrN2O6S. The smallest absolute Gasteiger partial charge is 0.294 e. The molecule has 0 radical (unpaired) electrons. The lowest BCUT2D eigenvalue weighted by atomic mass is 10.2. The molecule has 0 aliphatic carbocycles. The lowest BCUT2D eigenvalue weighted by Gasteiger charge is -2.13. The van der Waals surface area contributed by atoms with Crippen molar-refractivity contribution in [2.24, 2.45) is 0 Å². The molecule has 0 bridgehead atoms. The molecule has 0 unspecified atom stereocenters. The SMILES string of the molecule is C=CCOc1cc(Br)c(/C=C2/SC(=O)N(CC(=O)Nc3ccc(OC)cc3)C2=O)cc1OC. The Labute approximate surface area is 203 Å². The van der Waals surface area contributed by atoms with Crippen LogP contribution in [0.3, 0.4) is 0 Å². The van der Waals surface area contributed by atoms with Crippen LogP contribution in [0.4, 0.5) is 10.5 Å². The van der Waals surface area contributed by atoms with Crippen LogP contribution in [0.25, 0.3) is 6.08 Å². The minimum absolute atomic E-state index is 0.194. The third-order valence-electron chi connectivity index (χ3n) is 4.48. The molecule has 0 spiro atoms. The number of anilines is 1. The van der Waals surface area contributed by atoms with Crippen LogP contribution in [0.15, 0.2) is 58.4 Å². The van der Waals surface area contributed by atoms with Crippen molar-refractivity contribution in [2.75, 3.05) is 32.7 Å². The van der Waals surface area contributed by atoms with Crippen LogP contribution in [-0.2, 0) is 9.59 Å². The van der Waals surface area contributed by atoms with Gasteiger partial charge in [-0.1, -0.05) is 28.6 Å². The van der Waals surface area contributed by atoms with Gasteiger partial charge in [0, 0.05) is 10.2 Å². The van der Waals surface area contributed by atoms with Gasteiger partial charge in [0.15, 0.2) is 11.5 Å². The van der Waals surface area contributed by atoms with Gasteiger partial charge in [-0.3, -0.25) is 19.3 Å². The van der Waals surface area contributed by atoms with E-state index in [1.165, 1.54) is 7.11 Å². The molecule has 10 heteroatoms. The van der Waals surface area contributed by atoms with Gasteiger partial charge in [0.05, 0.1) is 19.1 Å². The van der Waals surface area contributed by atoms with Gasteiger partial charge in [-0.25, -0.2) is 0 Å². The van der Waals surface area contributed by atoms with Gasteiger partial charge in [0.25, 0.3) is 11.1 Å². The van der Waals surface area contributed by atoms with E-state index in [0.29, 0.717) is 39.6 Å². The molecule has 0 atom stereocenters. The molecule has 1 saturated heterocycles. The Kier molecular flexibility index (Phi) is 8.18. The Morgan fingerprint density at radius 1 is 1.15 bits per heavy atom. The largest absolute Gasteiger partial charge is 0.497 e. The highest BCUT2D eigenvalue weighted by atomic mass is 79.9. The Bertz CT molecular complexity index is 1120. The number of hydrogen-bond acceptors (Lipinski definition) is 7. The van der Waals surface area contributed by atoms with Crippen LogP contribution in [0.2, 0.25) is 0 Å². The van der Waals surface area contributed by atoms with E-state index < -0.39 is 23.6 Å². The first-order chi connectivity index (χ1) is 15.9. The van der Waals surface area contributed by atoms with Gasteiger partial charge in [-0.2, -0.15) is 0 Å². The number of imide groups is 1. The van der Waals surface area contributed by atoms with Gasteiger partial charge in [0.1, 0.15) is 18.9 Å². The zero-order chi connectivity index (χ0) is 24.0. The maximum Gasteiger partial charge on any atom is 0.294 e. The Morgan fingerprint density at radius 3 is 2.52 bits per heavy atom. The molecule has 2 aromatic rings. The van der Waals surface area contributed by atoms with Crippen molar-refractivity contribution in [3.63, 3.8) is 0 Å². The second-order valence-electron chi connectivity index (χ2n) is 6.67. The van der Waals surface area contributed by atoms with Crippen molar-refractivity contribution in [2.45, 2.75) is 0 Å². The molecule has 3 rings (SSSR count). The molecule has 3 amide bonds. The highest BCUT2D eigenvalue weighted by Crippen LogP contribution is 2.38. The number of methoxy groups -OCH3 is 2. The maximum absolute atomic E-state index is 12.8. The number of rotatable bonds is 9. The molecule has 1 aliphatic rings. The molecule has 1 N–H and O–H groups in total. The first kappa shape index (κ1) is 24.4. The predicted octanol–water partition coefficient (Wildman–Crippen LogP) is 4.71. The molecule has 172 valence electrons. The highest BCUT2D eigenvalue weighted by molar-refractivity contribution is 9.10. The molecule has 0 aromatic heterocycles. The molecule has 1 heterocycles. The van der Waals surface area contributed by atoms with Crippen molar-refractivity contribution in [1.29, 1.82) is 0 Å². The van der Waals surface area contributed by atoms with E-state index in [9.17, 15) is 14.4 Å². The first-order valence-electron chi connectivity index (χ1n) is 9.66. The van der Waals surface area contributed by atoms with Crippen LogP contribution in [0, 0.1) is 0 Å². The van der Waals surface area contributed by atoms with Crippen molar-refractivity contribution in [1.82, 2.24) is 4.90 Å². The number of hydrogen-bond donors (Lipinski definition) is 1. The van der Waals surface area contributed by atoms with Gasteiger partial charge < -0.3 is 19.5 Å². The summed E-state index contributed by atoms with van der Waals surface area (Å²) >= 11 is 4.22. The third-order valence-corrected chi connectivity index (χ3v) is 6.07. The minimum Gasteiger partial charge on any atom is -0.497 e.